The van der Waals surface area contributed by atoms with Crippen molar-refractivity contribution in [2.24, 2.45) is 0 Å². The van der Waals surface area contributed by atoms with E-state index in [1.54, 1.807) is 11.8 Å². The maximum atomic E-state index is 6.11. The van der Waals surface area contributed by atoms with Crippen LogP contribution in [0.4, 0.5) is 5.69 Å². The third-order valence-electron chi connectivity index (χ3n) is 2.57. The van der Waals surface area contributed by atoms with Gasteiger partial charge in [0, 0.05) is 22.4 Å². The molecular formula is C11H14ClNOS. The van der Waals surface area contributed by atoms with E-state index in [-0.39, 0.29) is 6.10 Å². The fraction of sp³-hybridized carbons (Fsp3) is 0.455. The van der Waals surface area contributed by atoms with Gasteiger partial charge in [0.1, 0.15) is 0 Å². The molecule has 1 fully saturated rings. The van der Waals surface area contributed by atoms with Gasteiger partial charge in [-0.2, -0.15) is 0 Å². The number of halogens is 1. The molecular weight excluding hydrogens is 230 g/mol. The van der Waals surface area contributed by atoms with Gasteiger partial charge in [0.25, 0.3) is 0 Å². The number of benzene rings is 1. The number of nitrogen functional groups attached to an aromatic ring is 1. The molecule has 1 saturated heterocycles. The molecule has 2 unspecified atom stereocenters. The summed E-state index contributed by atoms with van der Waals surface area (Å²) in [4.78, 5) is 0.988. The molecule has 1 aliphatic rings. The number of hydrogen-bond donors (Lipinski definition) is 1. The number of thioether (sulfide) groups is 1. The van der Waals surface area contributed by atoms with Gasteiger partial charge in [0.05, 0.1) is 11.1 Å². The Morgan fingerprint density at radius 3 is 2.93 bits per heavy atom. The summed E-state index contributed by atoms with van der Waals surface area (Å²) in [6, 6.07) is 5.63. The van der Waals surface area contributed by atoms with Crippen molar-refractivity contribution in [3.05, 3.63) is 23.2 Å². The highest BCUT2D eigenvalue weighted by Crippen LogP contribution is 2.39. The van der Waals surface area contributed by atoms with Crippen LogP contribution < -0.4 is 5.73 Å². The van der Waals surface area contributed by atoms with E-state index < -0.39 is 0 Å². The minimum absolute atomic E-state index is 0.283. The van der Waals surface area contributed by atoms with E-state index in [1.165, 1.54) is 0 Å². The molecule has 0 aromatic heterocycles. The predicted octanol–water partition coefficient (Wildman–Crippen LogP) is 3.19. The van der Waals surface area contributed by atoms with Gasteiger partial charge in [-0.3, -0.25) is 0 Å². The summed E-state index contributed by atoms with van der Waals surface area (Å²) in [5, 5.41) is 1.20. The minimum atomic E-state index is 0.283. The highest BCUT2D eigenvalue weighted by molar-refractivity contribution is 8.00. The second kappa shape index (κ2) is 4.64. The fourth-order valence-corrected chi connectivity index (χ4v) is 3.16. The smallest absolute Gasteiger partial charge is 0.0669 e. The third-order valence-corrected chi connectivity index (χ3v) is 4.61. The van der Waals surface area contributed by atoms with Crippen LogP contribution in [0.25, 0.3) is 0 Å². The number of hydrogen-bond acceptors (Lipinski definition) is 3. The Morgan fingerprint density at radius 1 is 1.53 bits per heavy atom. The molecule has 0 amide bonds. The lowest BCUT2D eigenvalue weighted by Crippen LogP contribution is -2.13. The first-order chi connectivity index (χ1) is 7.18. The summed E-state index contributed by atoms with van der Waals surface area (Å²) in [6.07, 6.45) is 1.35. The largest absolute Gasteiger partial charge is 0.398 e. The van der Waals surface area contributed by atoms with Gasteiger partial charge < -0.3 is 10.5 Å². The normalized spacial score (nSPS) is 25.7. The summed E-state index contributed by atoms with van der Waals surface area (Å²) in [5.74, 6) is 0. The molecule has 1 aliphatic heterocycles. The summed E-state index contributed by atoms with van der Waals surface area (Å²) in [5.41, 5.74) is 6.65. The first-order valence-corrected chi connectivity index (χ1v) is 6.26. The topological polar surface area (TPSA) is 35.2 Å². The van der Waals surface area contributed by atoms with Crippen LogP contribution in [-0.4, -0.2) is 18.0 Å². The zero-order valence-corrected chi connectivity index (χ0v) is 10.1. The molecule has 2 N–H and O–H groups in total. The maximum Gasteiger partial charge on any atom is 0.0669 e. The van der Waals surface area contributed by atoms with Crippen LogP contribution >= 0.6 is 23.4 Å². The number of rotatable bonds is 2. The second-order valence-corrected chi connectivity index (χ2v) is 5.34. The number of anilines is 1. The summed E-state index contributed by atoms with van der Waals surface area (Å²) >= 11 is 7.84. The van der Waals surface area contributed by atoms with Crippen molar-refractivity contribution in [3.63, 3.8) is 0 Å². The molecule has 0 spiro atoms. The Balaban J connectivity index is 2.16. The molecule has 1 aromatic rings. The first-order valence-electron chi connectivity index (χ1n) is 5.00. The molecule has 1 heterocycles. The van der Waals surface area contributed by atoms with Gasteiger partial charge in [0.15, 0.2) is 0 Å². The number of ether oxygens (including phenoxy) is 1. The predicted molar refractivity (Wildman–Crippen MR) is 65.5 cm³/mol. The van der Waals surface area contributed by atoms with E-state index >= 15 is 0 Å². The molecule has 0 radical (unpaired) electrons. The zero-order valence-electron chi connectivity index (χ0n) is 8.57. The monoisotopic (exact) mass is 243 g/mol. The van der Waals surface area contributed by atoms with Crippen molar-refractivity contribution in [1.29, 1.82) is 0 Å². The van der Waals surface area contributed by atoms with Gasteiger partial charge >= 0.3 is 0 Å². The van der Waals surface area contributed by atoms with Crippen molar-refractivity contribution < 1.29 is 4.74 Å². The molecule has 4 heteroatoms. The fourth-order valence-electron chi connectivity index (χ4n) is 1.67. The average Bonchev–Trinajstić information content (AvgIpc) is 2.58. The molecule has 0 bridgehead atoms. The van der Waals surface area contributed by atoms with Gasteiger partial charge in [-0.25, -0.2) is 0 Å². The van der Waals surface area contributed by atoms with Crippen LogP contribution in [0.2, 0.25) is 5.02 Å². The minimum Gasteiger partial charge on any atom is -0.398 e. The van der Waals surface area contributed by atoms with E-state index in [4.69, 9.17) is 22.1 Å². The Labute approximate surface area is 99.1 Å². The summed E-state index contributed by atoms with van der Waals surface area (Å²) in [6.45, 7) is 2.93. The molecule has 0 aliphatic carbocycles. The Kier molecular flexibility index (Phi) is 3.44. The molecule has 0 saturated carbocycles. The lowest BCUT2D eigenvalue weighted by atomic mass is 10.3. The Morgan fingerprint density at radius 2 is 2.33 bits per heavy atom. The maximum absolute atomic E-state index is 6.11. The molecule has 82 valence electrons. The van der Waals surface area contributed by atoms with Gasteiger partial charge in [0.2, 0.25) is 0 Å². The van der Waals surface area contributed by atoms with Crippen molar-refractivity contribution in [1.82, 2.24) is 0 Å². The zero-order chi connectivity index (χ0) is 10.8. The second-order valence-electron chi connectivity index (χ2n) is 3.68. The van der Waals surface area contributed by atoms with E-state index in [2.05, 4.69) is 6.92 Å². The van der Waals surface area contributed by atoms with Gasteiger partial charge in [-0.1, -0.05) is 17.7 Å². The standard InChI is InChI=1S/C11H14ClNOS/c1-7-10(5-6-14-7)15-11-8(12)3-2-4-9(11)13/h2-4,7,10H,5-6,13H2,1H3. The lowest BCUT2D eigenvalue weighted by Gasteiger charge is -2.15. The van der Waals surface area contributed by atoms with E-state index in [0.29, 0.717) is 5.25 Å². The molecule has 2 atom stereocenters. The van der Waals surface area contributed by atoms with Crippen LogP contribution in [0, 0.1) is 0 Å². The number of nitrogens with two attached hydrogens (primary N) is 1. The van der Waals surface area contributed by atoms with Crippen molar-refractivity contribution in [3.8, 4) is 0 Å². The Bertz CT molecular complexity index is 338. The van der Waals surface area contributed by atoms with Crippen LogP contribution in [0.1, 0.15) is 13.3 Å². The molecule has 1 aromatic carbocycles. The first kappa shape index (κ1) is 11.1. The van der Waals surface area contributed by atoms with Crippen LogP contribution in [0.5, 0.6) is 0 Å². The van der Waals surface area contributed by atoms with Crippen molar-refractivity contribution in [2.45, 2.75) is 29.6 Å². The SMILES string of the molecule is CC1OCCC1Sc1c(N)cccc1Cl. The molecule has 2 nitrogen and oxygen atoms in total. The van der Waals surface area contributed by atoms with E-state index in [9.17, 15) is 0 Å². The Hall–Kier alpha value is -0.380. The quantitative estimate of drug-likeness (QED) is 0.811. The van der Waals surface area contributed by atoms with Crippen LogP contribution in [0.3, 0.4) is 0 Å². The lowest BCUT2D eigenvalue weighted by molar-refractivity contribution is 0.127. The van der Waals surface area contributed by atoms with Crippen molar-refractivity contribution in [2.75, 3.05) is 12.3 Å². The van der Waals surface area contributed by atoms with Crippen molar-refractivity contribution >= 4 is 29.1 Å². The van der Waals surface area contributed by atoms with E-state index in [0.717, 1.165) is 28.6 Å². The third kappa shape index (κ3) is 2.41. The van der Waals surface area contributed by atoms with E-state index in [1.807, 2.05) is 18.2 Å². The van der Waals surface area contributed by atoms with Gasteiger partial charge in [-0.05, 0) is 25.5 Å². The van der Waals surface area contributed by atoms with Gasteiger partial charge in [-0.15, -0.1) is 11.8 Å². The summed E-state index contributed by atoms with van der Waals surface area (Å²) < 4.78 is 5.51. The summed E-state index contributed by atoms with van der Waals surface area (Å²) in [7, 11) is 0. The highest BCUT2D eigenvalue weighted by atomic mass is 35.5. The average molecular weight is 244 g/mol. The van der Waals surface area contributed by atoms with Crippen LogP contribution in [0.15, 0.2) is 23.1 Å². The van der Waals surface area contributed by atoms with Crippen LogP contribution in [-0.2, 0) is 4.74 Å². The molecule has 2 rings (SSSR count). The molecule has 15 heavy (non-hydrogen) atoms. The highest BCUT2D eigenvalue weighted by Gasteiger charge is 2.26.